The number of para-hydroxylation sites is 1. The molecule has 1 N–H and O–H groups in total. The summed E-state index contributed by atoms with van der Waals surface area (Å²) >= 11 is 0. The second-order valence-corrected chi connectivity index (χ2v) is 4.84. The summed E-state index contributed by atoms with van der Waals surface area (Å²) in [5, 5.41) is 2.87. The van der Waals surface area contributed by atoms with Crippen LogP contribution in [0.25, 0.3) is 0 Å². The van der Waals surface area contributed by atoms with Gasteiger partial charge < -0.3 is 14.8 Å². The average molecular weight is 284 g/mol. The lowest BCUT2D eigenvalue weighted by Crippen LogP contribution is -2.37. The largest absolute Gasteiger partial charge is 0.481 e. The maximum absolute atomic E-state index is 12.1. The van der Waals surface area contributed by atoms with E-state index >= 15 is 0 Å². The Balaban J connectivity index is 1.55. The molecule has 0 spiro atoms. The molecule has 0 saturated carbocycles. The minimum Gasteiger partial charge on any atom is -0.481 e. The molecule has 1 unspecified atom stereocenters. The summed E-state index contributed by atoms with van der Waals surface area (Å²) in [5.74, 6) is 1.24. The summed E-state index contributed by atoms with van der Waals surface area (Å²) in [5.41, 5.74) is 1.99. The van der Waals surface area contributed by atoms with Crippen LogP contribution in [-0.4, -0.2) is 24.1 Å². The van der Waals surface area contributed by atoms with E-state index in [0.29, 0.717) is 18.8 Å². The van der Waals surface area contributed by atoms with Crippen LogP contribution in [0.1, 0.15) is 11.1 Å². The van der Waals surface area contributed by atoms with Crippen molar-refractivity contribution in [1.82, 2.24) is 10.3 Å². The first-order valence-corrected chi connectivity index (χ1v) is 6.77. The molecular formula is C16H16N2O3. The van der Waals surface area contributed by atoms with Gasteiger partial charge in [0.25, 0.3) is 5.91 Å². The van der Waals surface area contributed by atoms with E-state index in [1.165, 1.54) is 0 Å². The van der Waals surface area contributed by atoms with Crippen molar-refractivity contribution in [3.8, 4) is 11.6 Å². The number of amides is 1. The molecule has 3 rings (SSSR count). The van der Waals surface area contributed by atoms with Crippen molar-refractivity contribution in [2.24, 2.45) is 0 Å². The number of aromatic nitrogens is 1. The van der Waals surface area contributed by atoms with E-state index in [1.807, 2.05) is 30.3 Å². The van der Waals surface area contributed by atoms with E-state index in [4.69, 9.17) is 9.47 Å². The fourth-order valence-electron chi connectivity index (χ4n) is 2.27. The van der Waals surface area contributed by atoms with Crippen molar-refractivity contribution in [1.29, 1.82) is 0 Å². The average Bonchev–Trinajstić information content (AvgIpc) is 2.97. The van der Waals surface area contributed by atoms with Gasteiger partial charge in [-0.25, -0.2) is 4.98 Å². The zero-order valence-electron chi connectivity index (χ0n) is 11.7. The van der Waals surface area contributed by atoms with Gasteiger partial charge in [-0.1, -0.05) is 24.3 Å². The Kier molecular flexibility index (Phi) is 3.73. The van der Waals surface area contributed by atoms with Crippen LogP contribution in [0.3, 0.4) is 0 Å². The second kappa shape index (κ2) is 5.83. The topological polar surface area (TPSA) is 60.5 Å². The summed E-state index contributed by atoms with van der Waals surface area (Å²) < 4.78 is 10.6. The van der Waals surface area contributed by atoms with E-state index in [2.05, 4.69) is 10.3 Å². The molecule has 1 aromatic carbocycles. The molecule has 1 aliphatic heterocycles. The molecule has 1 aliphatic rings. The fourth-order valence-corrected chi connectivity index (χ4v) is 2.27. The number of rotatable bonds is 4. The first-order valence-electron chi connectivity index (χ1n) is 6.77. The Bertz CT molecular complexity index is 615. The monoisotopic (exact) mass is 284 g/mol. The SMILES string of the molecule is COc1ccc(CNC(=O)C2Cc3ccccc3O2)cn1. The van der Waals surface area contributed by atoms with E-state index < -0.39 is 6.10 Å². The third-order valence-corrected chi connectivity index (χ3v) is 3.41. The Hall–Kier alpha value is -2.56. The molecule has 1 atom stereocenters. The Morgan fingerprint density at radius 1 is 1.38 bits per heavy atom. The van der Waals surface area contributed by atoms with Crippen LogP contribution in [0.4, 0.5) is 0 Å². The van der Waals surface area contributed by atoms with Crippen LogP contribution in [0.2, 0.25) is 0 Å². The molecule has 1 amide bonds. The van der Waals surface area contributed by atoms with Crippen LogP contribution < -0.4 is 14.8 Å². The summed E-state index contributed by atoms with van der Waals surface area (Å²) in [7, 11) is 1.57. The van der Waals surface area contributed by atoms with Crippen molar-refractivity contribution in [2.75, 3.05) is 7.11 Å². The number of benzene rings is 1. The highest BCUT2D eigenvalue weighted by Gasteiger charge is 2.28. The van der Waals surface area contributed by atoms with Gasteiger partial charge in [-0.05, 0) is 17.2 Å². The number of carbonyl (C=O) groups excluding carboxylic acids is 1. The lowest BCUT2D eigenvalue weighted by molar-refractivity contribution is -0.127. The first-order chi connectivity index (χ1) is 10.3. The lowest BCUT2D eigenvalue weighted by Gasteiger charge is -2.11. The quantitative estimate of drug-likeness (QED) is 0.928. The zero-order valence-corrected chi connectivity index (χ0v) is 11.7. The predicted octanol–water partition coefficient (Wildman–Crippen LogP) is 1.71. The van der Waals surface area contributed by atoms with Gasteiger partial charge in [-0.2, -0.15) is 0 Å². The van der Waals surface area contributed by atoms with Crippen LogP contribution in [0.5, 0.6) is 11.6 Å². The van der Waals surface area contributed by atoms with Gasteiger partial charge in [0.15, 0.2) is 6.10 Å². The van der Waals surface area contributed by atoms with Gasteiger partial charge >= 0.3 is 0 Å². The molecule has 0 radical (unpaired) electrons. The number of nitrogens with one attached hydrogen (secondary N) is 1. The van der Waals surface area contributed by atoms with Crippen molar-refractivity contribution in [3.63, 3.8) is 0 Å². The van der Waals surface area contributed by atoms with Crippen LogP contribution in [0, 0.1) is 0 Å². The summed E-state index contributed by atoms with van der Waals surface area (Å²) in [6.45, 7) is 0.423. The van der Waals surface area contributed by atoms with Gasteiger partial charge in [-0.3, -0.25) is 4.79 Å². The summed E-state index contributed by atoms with van der Waals surface area (Å²) in [6, 6.07) is 11.4. The molecule has 2 aromatic rings. The summed E-state index contributed by atoms with van der Waals surface area (Å²) in [6.07, 6.45) is 1.85. The highest BCUT2D eigenvalue weighted by atomic mass is 16.5. The molecule has 0 aliphatic carbocycles. The van der Waals surface area contributed by atoms with Gasteiger partial charge in [-0.15, -0.1) is 0 Å². The molecular weight excluding hydrogens is 268 g/mol. The van der Waals surface area contributed by atoms with Crippen LogP contribution in [0.15, 0.2) is 42.6 Å². The second-order valence-electron chi connectivity index (χ2n) is 4.84. The number of nitrogens with zero attached hydrogens (tertiary/aromatic N) is 1. The maximum atomic E-state index is 12.1. The van der Waals surface area contributed by atoms with E-state index in [-0.39, 0.29) is 5.91 Å². The molecule has 108 valence electrons. The van der Waals surface area contributed by atoms with E-state index in [1.54, 1.807) is 19.4 Å². The normalized spacial score (nSPS) is 16.0. The Morgan fingerprint density at radius 2 is 2.24 bits per heavy atom. The number of carbonyl (C=O) groups is 1. The number of hydrogen-bond donors (Lipinski definition) is 1. The Morgan fingerprint density at radius 3 is 2.95 bits per heavy atom. The number of fused-ring (bicyclic) bond motifs is 1. The smallest absolute Gasteiger partial charge is 0.261 e. The zero-order chi connectivity index (χ0) is 14.7. The van der Waals surface area contributed by atoms with Gasteiger partial charge in [0.2, 0.25) is 5.88 Å². The van der Waals surface area contributed by atoms with Gasteiger partial charge in [0.1, 0.15) is 5.75 Å². The minimum absolute atomic E-state index is 0.109. The molecule has 5 nitrogen and oxygen atoms in total. The molecule has 21 heavy (non-hydrogen) atoms. The van der Waals surface area contributed by atoms with Crippen molar-refractivity contribution >= 4 is 5.91 Å². The number of hydrogen-bond acceptors (Lipinski definition) is 4. The molecule has 2 heterocycles. The predicted molar refractivity (Wildman–Crippen MR) is 77.2 cm³/mol. The highest BCUT2D eigenvalue weighted by Crippen LogP contribution is 2.28. The van der Waals surface area contributed by atoms with Crippen LogP contribution >= 0.6 is 0 Å². The lowest BCUT2D eigenvalue weighted by atomic mass is 10.1. The molecule has 0 fully saturated rings. The number of pyridine rings is 1. The maximum Gasteiger partial charge on any atom is 0.261 e. The highest BCUT2D eigenvalue weighted by molar-refractivity contribution is 5.82. The third kappa shape index (κ3) is 2.97. The first kappa shape index (κ1) is 13.4. The van der Waals surface area contributed by atoms with E-state index in [9.17, 15) is 4.79 Å². The minimum atomic E-state index is -0.450. The molecule has 1 aromatic heterocycles. The molecule has 0 bridgehead atoms. The van der Waals surface area contributed by atoms with Crippen molar-refractivity contribution in [3.05, 3.63) is 53.7 Å². The van der Waals surface area contributed by atoms with Gasteiger partial charge in [0, 0.05) is 25.2 Å². The summed E-state index contributed by atoms with van der Waals surface area (Å²) in [4.78, 5) is 16.2. The number of ether oxygens (including phenoxy) is 2. The molecule has 5 heteroatoms. The van der Waals surface area contributed by atoms with Gasteiger partial charge in [0.05, 0.1) is 7.11 Å². The van der Waals surface area contributed by atoms with Crippen LogP contribution in [-0.2, 0) is 17.8 Å². The van der Waals surface area contributed by atoms with Crippen molar-refractivity contribution in [2.45, 2.75) is 19.1 Å². The van der Waals surface area contributed by atoms with Crippen molar-refractivity contribution < 1.29 is 14.3 Å². The fraction of sp³-hybridized carbons (Fsp3) is 0.250. The third-order valence-electron chi connectivity index (χ3n) is 3.41. The van der Waals surface area contributed by atoms with E-state index in [0.717, 1.165) is 16.9 Å². The standard InChI is InChI=1S/C16H16N2O3/c1-20-15-7-6-11(9-17-15)10-18-16(19)14-8-12-4-2-3-5-13(12)21-14/h2-7,9,14H,8,10H2,1H3,(H,18,19). The number of methoxy groups -OCH3 is 1. The molecule has 0 saturated heterocycles. The Labute approximate surface area is 122 Å².